The van der Waals surface area contributed by atoms with Crippen LogP contribution in [0.5, 0.6) is 5.75 Å². The Morgan fingerprint density at radius 2 is 1.70 bits per heavy atom. The molecule has 2 heterocycles. The van der Waals surface area contributed by atoms with Gasteiger partial charge in [-0.3, -0.25) is 18.5 Å². The number of methoxy groups -OCH3 is 1. The maximum absolute atomic E-state index is 13.0. The summed E-state index contributed by atoms with van der Waals surface area (Å²) in [4.78, 5) is 30.2. The van der Waals surface area contributed by atoms with Crippen LogP contribution in [0.1, 0.15) is 44.1 Å². The Morgan fingerprint density at radius 1 is 1.03 bits per heavy atom. The van der Waals surface area contributed by atoms with Crippen LogP contribution in [0, 0.1) is 0 Å². The number of hydrogen-bond donors (Lipinski definition) is 1. The molecule has 0 saturated heterocycles. The molecule has 1 N–H and O–H groups in total. The zero-order valence-electron chi connectivity index (χ0n) is 17.9. The number of rotatable bonds is 5. The Labute approximate surface area is 175 Å². The van der Waals surface area contributed by atoms with Crippen LogP contribution in [-0.4, -0.2) is 31.8 Å². The Hall–Kier alpha value is -3.03. The van der Waals surface area contributed by atoms with Gasteiger partial charge in [-0.15, -0.1) is 0 Å². The van der Waals surface area contributed by atoms with Gasteiger partial charge in [-0.2, -0.15) is 4.98 Å². The molecule has 0 amide bonds. The van der Waals surface area contributed by atoms with E-state index in [0.717, 1.165) is 28.7 Å². The third kappa shape index (κ3) is 3.74. The summed E-state index contributed by atoms with van der Waals surface area (Å²) in [5.74, 6) is 1.43. The van der Waals surface area contributed by atoms with E-state index in [1.54, 1.807) is 14.2 Å². The molecule has 0 atom stereocenters. The molecule has 4 rings (SSSR count). The lowest BCUT2D eigenvalue weighted by molar-refractivity contribution is 0.414. The minimum absolute atomic E-state index is 0.319. The van der Waals surface area contributed by atoms with E-state index in [1.807, 2.05) is 28.8 Å². The Morgan fingerprint density at radius 3 is 2.33 bits per heavy atom. The molecule has 8 heteroatoms. The molecule has 0 bridgehead atoms. The number of nitrogens with one attached hydrogen (secondary N) is 1. The van der Waals surface area contributed by atoms with Crippen LogP contribution in [0.2, 0.25) is 0 Å². The minimum Gasteiger partial charge on any atom is -0.497 e. The molecule has 0 spiro atoms. The molecule has 160 valence electrons. The monoisotopic (exact) mass is 411 g/mol. The summed E-state index contributed by atoms with van der Waals surface area (Å²) in [6.45, 7) is 0.475. The summed E-state index contributed by atoms with van der Waals surface area (Å²) in [7, 11) is 4.80. The summed E-state index contributed by atoms with van der Waals surface area (Å²) >= 11 is 0. The number of ether oxygens (including phenoxy) is 1. The minimum atomic E-state index is -0.373. The lowest BCUT2D eigenvalue weighted by atomic mass is 10.1. The number of benzene rings is 1. The summed E-state index contributed by atoms with van der Waals surface area (Å²) in [6, 6.07) is 8.08. The molecule has 0 unspecified atom stereocenters. The van der Waals surface area contributed by atoms with Gasteiger partial charge in [-0.25, -0.2) is 4.79 Å². The van der Waals surface area contributed by atoms with Gasteiger partial charge in [0.05, 0.1) is 13.7 Å². The van der Waals surface area contributed by atoms with E-state index in [9.17, 15) is 9.59 Å². The van der Waals surface area contributed by atoms with Crippen molar-refractivity contribution in [3.63, 3.8) is 0 Å². The highest BCUT2D eigenvalue weighted by atomic mass is 16.5. The summed E-state index contributed by atoms with van der Waals surface area (Å²) in [6.07, 6.45) is 7.07. The maximum Gasteiger partial charge on any atom is 0.332 e. The van der Waals surface area contributed by atoms with Crippen LogP contribution >= 0.6 is 0 Å². The van der Waals surface area contributed by atoms with Crippen LogP contribution < -0.4 is 21.3 Å². The van der Waals surface area contributed by atoms with Gasteiger partial charge in [0.2, 0.25) is 5.95 Å². The number of aromatic nitrogens is 4. The van der Waals surface area contributed by atoms with E-state index in [4.69, 9.17) is 9.72 Å². The molecule has 1 aliphatic carbocycles. The normalized spacial score (nSPS) is 15.3. The van der Waals surface area contributed by atoms with Crippen molar-refractivity contribution in [3.05, 3.63) is 50.7 Å². The van der Waals surface area contributed by atoms with Gasteiger partial charge < -0.3 is 10.1 Å². The zero-order valence-corrected chi connectivity index (χ0v) is 17.9. The highest BCUT2D eigenvalue weighted by molar-refractivity contribution is 5.74. The smallest absolute Gasteiger partial charge is 0.332 e. The molecule has 1 aliphatic rings. The number of fused-ring (bicyclic) bond motifs is 1. The fraction of sp³-hybridized carbons (Fsp3) is 0.500. The topological polar surface area (TPSA) is 83.1 Å². The first-order valence-electron chi connectivity index (χ1n) is 10.6. The predicted molar refractivity (Wildman–Crippen MR) is 117 cm³/mol. The molecular formula is C22H29N5O3. The molecule has 30 heavy (non-hydrogen) atoms. The molecule has 3 aromatic rings. The Kier molecular flexibility index (Phi) is 5.65. The quantitative estimate of drug-likeness (QED) is 0.653. The molecule has 1 saturated carbocycles. The Balaban J connectivity index is 1.82. The van der Waals surface area contributed by atoms with Crippen molar-refractivity contribution in [1.82, 2.24) is 18.7 Å². The fourth-order valence-corrected chi connectivity index (χ4v) is 4.23. The van der Waals surface area contributed by atoms with E-state index >= 15 is 0 Å². The molecule has 0 aliphatic heterocycles. The highest BCUT2D eigenvalue weighted by Crippen LogP contribution is 2.24. The van der Waals surface area contributed by atoms with E-state index in [2.05, 4.69) is 5.32 Å². The van der Waals surface area contributed by atoms with Crippen molar-refractivity contribution in [2.75, 3.05) is 12.4 Å². The van der Waals surface area contributed by atoms with Crippen LogP contribution in [0.4, 0.5) is 5.95 Å². The second-order valence-corrected chi connectivity index (χ2v) is 8.08. The van der Waals surface area contributed by atoms with E-state index in [-0.39, 0.29) is 11.2 Å². The van der Waals surface area contributed by atoms with Crippen molar-refractivity contribution in [3.8, 4) is 5.75 Å². The number of imidazole rings is 1. The summed E-state index contributed by atoms with van der Waals surface area (Å²) < 4.78 is 9.74. The van der Waals surface area contributed by atoms with E-state index < -0.39 is 0 Å². The average molecular weight is 412 g/mol. The highest BCUT2D eigenvalue weighted by Gasteiger charge is 2.22. The van der Waals surface area contributed by atoms with Crippen LogP contribution in [0.25, 0.3) is 11.2 Å². The van der Waals surface area contributed by atoms with Gasteiger partial charge in [-0.1, -0.05) is 37.8 Å². The van der Waals surface area contributed by atoms with Crippen molar-refractivity contribution in [2.24, 2.45) is 14.1 Å². The first-order chi connectivity index (χ1) is 14.5. The first kappa shape index (κ1) is 20.3. The van der Waals surface area contributed by atoms with Crippen molar-refractivity contribution in [2.45, 2.75) is 51.1 Å². The van der Waals surface area contributed by atoms with E-state index in [1.165, 1.54) is 37.3 Å². The van der Waals surface area contributed by atoms with E-state index in [0.29, 0.717) is 29.7 Å². The SMILES string of the molecule is COc1ccc(Cn2c(NC3CCCCCC3)nc3c2c(=O)n(C)c(=O)n3C)cc1. The second-order valence-electron chi connectivity index (χ2n) is 8.08. The van der Waals surface area contributed by atoms with Crippen molar-refractivity contribution >= 4 is 17.1 Å². The zero-order chi connectivity index (χ0) is 21.3. The maximum atomic E-state index is 13.0. The van der Waals surface area contributed by atoms with Gasteiger partial charge in [0.1, 0.15) is 5.75 Å². The number of anilines is 1. The molecule has 8 nitrogen and oxygen atoms in total. The molecule has 0 radical (unpaired) electrons. The number of hydrogen-bond acceptors (Lipinski definition) is 5. The number of aryl methyl sites for hydroxylation is 1. The van der Waals surface area contributed by atoms with Gasteiger partial charge in [0.25, 0.3) is 5.56 Å². The summed E-state index contributed by atoms with van der Waals surface area (Å²) in [5.41, 5.74) is 1.17. The average Bonchev–Trinajstić information content (AvgIpc) is 2.92. The molecule has 1 aromatic carbocycles. The van der Waals surface area contributed by atoms with Gasteiger partial charge in [0.15, 0.2) is 11.2 Å². The molecule has 1 fully saturated rings. The third-order valence-electron chi connectivity index (χ3n) is 6.04. The van der Waals surface area contributed by atoms with Crippen molar-refractivity contribution < 1.29 is 4.74 Å². The fourth-order valence-electron chi connectivity index (χ4n) is 4.23. The summed E-state index contributed by atoms with van der Waals surface area (Å²) in [5, 5.41) is 3.58. The lowest BCUT2D eigenvalue weighted by Crippen LogP contribution is -2.37. The predicted octanol–water partition coefficient (Wildman–Crippen LogP) is 2.63. The van der Waals surface area contributed by atoms with Crippen LogP contribution in [0.15, 0.2) is 33.9 Å². The van der Waals surface area contributed by atoms with Crippen LogP contribution in [0.3, 0.4) is 0 Å². The second kappa shape index (κ2) is 8.38. The van der Waals surface area contributed by atoms with Gasteiger partial charge >= 0.3 is 5.69 Å². The van der Waals surface area contributed by atoms with Crippen LogP contribution in [-0.2, 0) is 20.6 Å². The lowest BCUT2D eigenvalue weighted by Gasteiger charge is -2.18. The Bertz CT molecular complexity index is 1150. The van der Waals surface area contributed by atoms with Crippen molar-refractivity contribution in [1.29, 1.82) is 0 Å². The third-order valence-corrected chi connectivity index (χ3v) is 6.04. The van der Waals surface area contributed by atoms with Gasteiger partial charge in [0, 0.05) is 20.1 Å². The molecular weight excluding hydrogens is 382 g/mol. The number of nitrogens with zero attached hydrogens (tertiary/aromatic N) is 4. The standard InChI is InChI=1S/C22H29N5O3/c1-25-19-18(20(28)26(2)22(25)29)27(14-15-10-12-17(30-3)13-11-15)21(24-19)23-16-8-6-4-5-7-9-16/h10-13,16H,4-9,14H2,1-3H3,(H,23,24). The van der Waals surface area contributed by atoms with Gasteiger partial charge in [-0.05, 0) is 30.5 Å². The molecule has 2 aromatic heterocycles. The largest absolute Gasteiger partial charge is 0.497 e. The first-order valence-corrected chi connectivity index (χ1v) is 10.6.